The number of rotatable bonds is 3. The van der Waals surface area contributed by atoms with Gasteiger partial charge in [-0.15, -0.1) is 0 Å². The number of anilines is 1. The van der Waals surface area contributed by atoms with Gasteiger partial charge in [-0.25, -0.2) is 15.0 Å². The molecule has 12 heteroatoms. The molecule has 2 atom stereocenters. The van der Waals surface area contributed by atoms with E-state index >= 15 is 0 Å². The smallest absolute Gasteiger partial charge is 0.290 e. The monoisotopic (exact) mass is 485 g/mol. The van der Waals surface area contributed by atoms with Gasteiger partial charge in [-0.3, -0.25) is 14.5 Å². The van der Waals surface area contributed by atoms with E-state index in [0.717, 1.165) is 49.6 Å². The molecule has 0 bridgehead atoms. The molecule has 0 saturated carbocycles. The van der Waals surface area contributed by atoms with Crippen molar-refractivity contribution in [1.29, 1.82) is 0 Å². The Morgan fingerprint density at radius 3 is 2.31 bits per heavy atom. The van der Waals surface area contributed by atoms with Gasteiger partial charge in [0.25, 0.3) is 12.9 Å². The summed E-state index contributed by atoms with van der Waals surface area (Å²) in [6, 6.07) is 10.1. The zero-order chi connectivity index (χ0) is 25.3. The second-order valence-corrected chi connectivity index (χ2v) is 8.35. The molecular weight excluding hydrogens is 454 g/mol. The molecule has 0 unspecified atom stereocenters. The van der Waals surface area contributed by atoms with Crippen molar-refractivity contribution in [3.63, 3.8) is 0 Å². The highest BCUT2D eigenvalue weighted by molar-refractivity contribution is 5.82. The molecule has 188 valence electrons. The first-order valence-corrected chi connectivity index (χ1v) is 11.2. The van der Waals surface area contributed by atoms with Gasteiger partial charge in [-0.2, -0.15) is 0 Å². The van der Waals surface area contributed by atoms with E-state index in [9.17, 15) is 5.11 Å². The minimum atomic E-state index is -0.881. The lowest BCUT2D eigenvalue weighted by atomic mass is 9.79. The van der Waals surface area contributed by atoms with E-state index in [2.05, 4.69) is 53.8 Å². The molecule has 2 aliphatic rings. The third kappa shape index (κ3) is 5.91. The molecule has 2 aromatic heterocycles. The van der Waals surface area contributed by atoms with Crippen LogP contribution in [-0.4, -0.2) is 110 Å². The highest BCUT2D eigenvalue weighted by Crippen LogP contribution is 2.38. The Morgan fingerprint density at radius 2 is 1.66 bits per heavy atom. The van der Waals surface area contributed by atoms with Crippen molar-refractivity contribution in [3.8, 4) is 0 Å². The van der Waals surface area contributed by atoms with Crippen molar-refractivity contribution in [1.82, 2.24) is 29.7 Å². The van der Waals surface area contributed by atoms with Gasteiger partial charge >= 0.3 is 0 Å². The minimum absolute atomic E-state index is 0.0136. The van der Waals surface area contributed by atoms with Crippen LogP contribution in [0.25, 0.3) is 11.2 Å². The fraction of sp³-hybridized carbons (Fsp3) is 0.435. The van der Waals surface area contributed by atoms with Gasteiger partial charge in [-0.1, -0.05) is 30.3 Å². The van der Waals surface area contributed by atoms with Crippen LogP contribution in [0.15, 0.2) is 43.0 Å². The van der Waals surface area contributed by atoms with E-state index in [0.29, 0.717) is 18.6 Å². The van der Waals surface area contributed by atoms with E-state index < -0.39 is 5.60 Å². The van der Waals surface area contributed by atoms with E-state index in [1.54, 1.807) is 12.7 Å². The van der Waals surface area contributed by atoms with E-state index in [4.69, 9.17) is 19.8 Å². The van der Waals surface area contributed by atoms with Crippen molar-refractivity contribution in [2.24, 2.45) is 0 Å². The summed E-state index contributed by atoms with van der Waals surface area (Å²) < 4.78 is 0. The highest BCUT2D eigenvalue weighted by Gasteiger charge is 2.46. The number of aromatic nitrogens is 4. The van der Waals surface area contributed by atoms with Gasteiger partial charge in [0.05, 0.1) is 12.4 Å². The number of H-pyrrole nitrogens is 1. The lowest BCUT2D eigenvalue weighted by Crippen LogP contribution is -2.64. The summed E-state index contributed by atoms with van der Waals surface area (Å²) in [6.45, 7) is 4.86. The Hall–Kier alpha value is -3.61. The molecule has 4 heterocycles. The lowest BCUT2D eigenvalue weighted by molar-refractivity contribution is -0.123. The van der Waals surface area contributed by atoms with Crippen molar-refractivity contribution in [2.45, 2.75) is 18.1 Å². The number of likely N-dealkylation sites (N-methyl/N-ethyl adjacent to an activating group) is 1. The van der Waals surface area contributed by atoms with E-state index in [1.807, 2.05) is 18.2 Å². The molecule has 0 aliphatic carbocycles. The Labute approximate surface area is 202 Å². The van der Waals surface area contributed by atoms with E-state index in [1.165, 1.54) is 0 Å². The average molecular weight is 486 g/mol. The quantitative estimate of drug-likeness (QED) is 0.382. The van der Waals surface area contributed by atoms with Crippen molar-refractivity contribution < 1.29 is 24.9 Å². The van der Waals surface area contributed by atoms with Crippen LogP contribution in [0.5, 0.6) is 0 Å². The van der Waals surface area contributed by atoms with Gasteiger partial charge < -0.3 is 30.1 Å². The number of carboxylic acid groups (broad SMARTS) is 2. The maximum Gasteiger partial charge on any atom is 0.290 e. The summed E-state index contributed by atoms with van der Waals surface area (Å²) in [6.07, 6.45) is 3.88. The lowest BCUT2D eigenvalue weighted by Gasteiger charge is -2.51. The summed E-state index contributed by atoms with van der Waals surface area (Å²) in [5.74, 6) is 0.863. The van der Waals surface area contributed by atoms with Crippen LogP contribution >= 0.6 is 0 Å². The standard InChI is InChI=1S/C21H27N7O.2CH2O2/c1-26-9-11-27(12-10-26)17-13-28(20-18-19(23-14-22-18)24-15-25-20)8-7-21(17,29)16-5-3-2-4-6-16;2*2-1-3/h2-6,14-15,17,29H,7-13H2,1H3,(H,22,23,24,25);2*1H,(H,2,3)/t17-,21+;;/m1../s1. The van der Waals surface area contributed by atoms with Gasteiger partial charge in [0.1, 0.15) is 17.4 Å². The molecular formula is C23H31N7O5. The molecule has 2 aliphatic heterocycles. The molecule has 12 nitrogen and oxygen atoms in total. The average Bonchev–Trinajstić information content (AvgIpc) is 3.36. The summed E-state index contributed by atoms with van der Waals surface area (Å²) in [5, 5.41) is 25.7. The molecule has 2 saturated heterocycles. The molecule has 4 N–H and O–H groups in total. The normalized spacial score (nSPS) is 22.9. The first-order chi connectivity index (χ1) is 17.0. The van der Waals surface area contributed by atoms with Crippen LogP contribution in [0.4, 0.5) is 5.82 Å². The van der Waals surface area contributed by atoms with Crippen LogP contribution < -0.4 is 4.90 Å². The zero-order valence-corrected chi connectivity index (χ0v) is 19.6. The van der Waals surface area contributed by atoms with Crippen LogP contribution in [0, 0.1) is 0 Å². The molecule has 0 spiro atoms. The van der Waals surface area contributed by atoms with Crippen molar-refractivity contribution in [3.05, 3.63) is 48.5 Å². The number of aliphatic hydroxyl groups is 1. The number of hydrogen-bond donors (Lipinski definition) is 4. The summed E-state index contributed by atoms with van der Waals surface area (Å²) in [4.78, 5) is 40.0. The minimum Gasteiger partial charge on any atom is -0.483 e. The molecule has 1 aromatic carbocycles. The van der Waals surface area contributed by atoms with Crippen molar-refractivity contribution in [2.75, 3.05) is 51.2 Å². The van der Waals surface area contributed by atoms with Crippen LogP contribution in [-0.2, 0) is 15.2 Å². The Morgan fingerprint density at radius 1 is 1.00 bits per heavy atom. The Kier molecular flexibility index (Phi) is 9.06. The van der Waals surface area contributed by atoms with Crippen LogP contribution in [0.2, 0.25) is 0 Å². The number of piperazine rings is 1. The summed E-state index contributed by atoms with van der Waals surface area (Å²) >= 11 is 0. The predicted molar refractivity (Wildman–Crippen MR) is 129 cm³/mol. The highest BCUT2D eigenvalue weighted by atomic mass is 16.3. The number of imidazole rings is 1. The number of fused-ring (bicyclic) bond motifs is 1. The fourth-order valence-electron chi connectivity index (χ4n) is 4.72. The van der Waals surface area contributed by atoms with E-state index in [-0.39, 0.29) is 19.0 Å². The molecule has 0 amide bonds. The second kappa shape index (κ2) is 12.2. The number of piperidine rings is 1. The van der Waals surface area contributed by atoms with Crippen LogP contribution in [0.3, 0.4) is 0 Å². The predicted octanol–water partition coefficient (Wildman–Crippen LogP) is 0.468. The Bertz CT molecular complexity index is 1070. The van der Waals surface area contributed by atoms with Gasteiger partial charge in [0, 0.05) is 39.3 Å². The van der Waals surface area contributed by atoms with Gasteiger partial charge in [0.2, 0.25) is 0 Å². The van der Waals surface area contributed by atoms with Crippen molar-refractivity contribution >= 4 is 29.9 Å². The molecule has 35 heavy (non-hydrogen) atoms. The molecule has 3 aromatic rings. The second-order valence-electron chi connectivity index (χ2n) is 8.35. The molecule has 5 rings (SSSR count). The fourth-order valence-corrected chi connectivity index (χ4v) is 4.72. The number of nitrogens with one attached hydrogen (secondary N) is 1. The number of aromatic amines is 1. The first-order valence-electron chi connectivity index (χ1n) is 11.2. The molecule has 0 radical (unpaired) electrons. The van der Waals surface area contributed by atoms with Crippen LogP contribution in [0.1, 0.15) is 12.0 Å². The molecule has 2 fully saturated rings. The SMILES string of the molecule is CN1CCN([C@@H]2CN(c3ncnc4nc[nH]c34)CC[C@]2(O)c2ccccc2)CC1.O=CO.O=CO. The van der Waals surface area contributed by atoms with Gasteiger partial charge in [-0.05, 0) is 19.0 Å². The number of carbonyl (C=O) groups is 2. The number of benzene rings is 1. The third-order valence-corrected chi connectivity index (χ3v) is 6.46. The number of hydrogen-bond acceptors (Lipinski definition) is 9. The first kappa shape index (κ1) is 26.0. The largest absolute Gasteiger partial charge is 0.483 e. The topological polar surface area (TPSA) is 159 Å². The van der Waals surface area contributed by atoms with Gasteiger partial charge in [0.15, 0.2) is 11.5 Å². The third-order valence-electron chi connectivity index (χ3n) is 6.46. The summed E-state index contributed by atoms with van der Waals surface area (Å²) in [7, 11) is 2.16. The maximum absolute atomic E-state index is 11.9. The Balaban J connectivity index is 0.000000520. The zero-order valence-electron chi connectivity index (χ0n) is 19.6. The summed E-state index contributed by atoms with van der Waals surface area (Å²) in [5.41, 5.74) is 1.65. The number of nitrogens with zero attached hydrogens (tertiary/aromatic N) is 6. The maximum atomic E-state index is 11.9.